The van der Waals surface area contributed by atoms with Gasteiger partial charge < -0.3 is 30.7 Å². The maximum atomic E-state index is 12.9. The molecular weight excluding hydrogens is 476 g/mol. The summed E-state index contributed by atoms with van der Waals surface area (Å²) in [5.74, 6) is -0.442. The van der Waals surface area contributed by atoms with Crippen LogP contribution in [0.5, 0.6) is 5.75 Å². The number of anilines is 2. The van der Waals surface area contributed by atoms with Gasteiger partial charge in [0.25, 0.3) is 0 Å². The molecule has 1 aliphatic heterocycles. The van der Waals surface area contributed by atoms with Crippen molar-refractivity contribution in [1.82, 2.24) is 15.2 Å². The van der Waals surface area contributed by atoms with Gasteiger partial charge >= 0.3 is 12.0 Å². The summed E-state index contributed by atoms with van der Waals surface area (Å²) in [6, 6.07) is 12.2. The van der Waals surface area contributed by atoms with Gasteiger partial charge in [-0.2, -0.15) is 5.10 Å². The second kappa shape index (κ2) is 12.6. The number of rotatable bonds is 11. The Kier molecular flexibility index (Phi) is 9.31. The normalized spacial score (nSPS) is 13.4. The maximum absolute atomic E-state index is 12.9. The van der Waals surface area contributed by atoms with Crippen LogP contribution < -0.4 is 20.7 Å². The molecule has 11 heteroatoms. The van der Waals surface area contributed by atoms with Crippen molar-refractivity contribution in [3.63, 3.8) is 0 Å². The maximum Gasteiger partial charge on any atom is 0.324 e. The van der Waals surface area contributed by atoms with E-state index < -0.39 is 12.0 Å². The number of hydrazone groups is 1. The molecule has 1 atom stereocenters. The highest BCUT2D eigenvalue weighted by molar-refractivity contribution is 6.01. The van der Waals surface area contributed by atoms with Gasteiger partial charge in [0.2, 0.25) is 5.91 Å². The van der Waals surface area contributed by atoms with E-state index in [9.17, 15) is 14.4 Å². The number of aliphatic carboxylic acids is 1. The average molecular weight is 511 g/mol. The highest BCUT2D eigenvalue weighted by Crippen LogP contribution is 2.26. The van der Waals surface area contributed by atoms with Crippen molar-refractivity contribution < 1.29 is 24.2 Å². The molecule has 1 unspecified atom stereocenters. The van der Waals surface area contributed by atoms with Crippen LogP contribution in [-0.2, 0) is 16.0 Å². The lowest BCUT2D eigenvalue weighted by atomic mass is 10.1. The van der Waals surface area contributed by atoms with Crippen molar-refractivity contribution in [3.05, 3.63) is 53.6 Å². The molecule has 3 amide bonds. The summed E-state index contributed by atoms with van der Waals surface area (Å²) < 4.78 is 5.45. The van der Waals surface area contributed by atoms with Crippen molar-refractivity contribution in [3.8, 4) is 5.75 Å². The number of carboxylic acids is 1. The Balaban J connectivity index is 1.61. The summed E-state index contributed by atoms with van der Waals surface area (Å²) >= 11 is 0. The molecular formula is C26H34N6O5. The van der Waals surface area contributed by atoms with Crippen molar-refractivity contribution >= 4 is 35.6 Å². The van der Waals surface area contributed by atoms with Gasteiger partial charge in [-0.15, -0.1) is 0 Å². The standard InChI is InChI=1S/C26H34N6O5/c1-17(2)11-23(31-15-27-32(16-31)14-25(34)35)30-24(33)13-19-9-10-21(22(12-19)37-4)29-26(36)28-20-8-6-5-7-18(20)3/h5-10,12,15,17,23H,11,13-14,16H2,1-4H3,(H,30,33)(H,34,35)(H2,28,29,36). The average Bonchev–Trinajstić information content (AvgIpc) is 3.28. The molecule has 0 aliphatic carbocycles. The Morgan fingerprint density at radius 2 is 1.84 bits per heavy atom. The summed E-state index contributed by atoms with van der Waals surface area (Å²) in [6.45, 7) is 6.08. The number of methoxy groups -OCH3 is 1. The van der Waals surface area contributed by atoms with Crippen LogP contribution in [0.15, 0.2) is 47.6 Å². The summed E-state index contributed by atoms with van der Waals surface area (Å²) in [6.07, 6.45) is 2.00. The molecule has 0 fully saturated rings. The van der Waals surface area contributed by atoms with E-state index in [1.54, 1.807) is 24.5 Å². The van der Waals surface area contributed by atoms with Crippen LogP contribution in [0.2, 0.25) is 0 Å². The van der Waals surface area contributed by atoms with E-state index in [1.807, 2.05) is 49.9 Å². The minimum Gasteiger partial charge on any atom is -0.495 e. The number of aryl methyl sites for hydroxylation is 1. The van der Waals surface area contributed by atoms with E-state index in [4.69, 9.17) is 9.84 Å². The molecule has 0 bridgehead atoms. The molecule has 1 heterocycles. The monoisotopic (exact) mass is 510 g/mol. The lowest BCUT2D eigenvalue weighted by molar-refractivity contribution is -0.138. The molecule has 11 nitrogen and oxygen atoms in total. The number of hydrogen-bond acceptors (Lipinski definition) is 7. The van der Waals surface area contributed by atoms with Crippen LogP contribution >= 0.6 is 0 Å². The first-order chi connectivity index (χ1) is 17.6. The Bertz CT molecular complexity index is 1150. The lowest BCUT2D eigenvalue weighted by Gasteiger charge is -2.30. The Hall–Kier alpha value is -4.28. The number of amides is 3. The summed E-state index contributed by atoms with van der Waals surface area (Å²) in [7, 11) is 1.50. The first kappa shape index (κ1) is 27.3. The molecule has 0 saturated heterocycles. The fraction of sp³-hybridized carbons (Fsp3) is 0.385. The van der Waals surface area contributed by atoms with E-state index in [2.05, 4.69) is 21.1 Å². The summed E-state index contributed by atoms with van der Waals surface area (Å²) in [5.41, 5.74) is 2.83. The number of nitrogens with zero attached hydrogens (tertiary/aromatic N) is 3. The smallest absolute Gasteiger partial charge is 0.324 e. The number of carbonyl (C=O) groups is 3. The minimum absolute atomic E-state index is 0.102. The zero-order valence-corrected chi connectivity index (χ0v) is 21.5. The van der Waals surface area contributed by atoms with Crippen LogP contribution in [0, 0.1) is 12.8 Å². The van der Waals surface area contributed by atoms with Gasteiger partial charge in [-0.1, -0.05) is 38.1 Å². The predicted octanol–water partition coefficient (Wildman–Crippen LogP) is 3.28. The van der Waals surface area contributed by atoms with Crippen LogP contribution in [0.3, 0.4) is 0 Å². The molecule has 4 N–H and O–H groups in total. The lowest BCUT2D eigenvalue weighted by Crippen LogP contribution is -2.49. The number of hydrogen-bond donors (Lipinski definition) is 4. The number of para-hydroxylation sites is 1. The summed E-state index contributed by atoms with van der Waals surface area (Å²) in [4.78, 5) is 38.2. The van der Waals surface area contributed by atoms with Gasteiger partial charge in [0, 0.05) is 5.69 Å². The highest BCUT2D eigenvalue weighted by atomic mass is 16.5. The number of carbonyl (C=O) groups excluding carboxylic acids is 2. The van der Waals surface area contributed by atoms with E-state index in [0.717, 1.165) is 5.56 Å². The third-order valence-corrected chi connectivity index (χ3v) is 5.70. The van der Waals surface area contributed by atoms with Crippen molar-refractivity contribution in [2.75, 3.05) is 31.0 Å². The van der Waals surface area contributed by atoms with Gasteiger partial charge in [-0.05, 0) is 48.6 Å². The predicted molar refractivity (Wildman–Crippen MR) is 141 cm³/mol. The van der Waals surface area contributed by atoms with Crippen molar-refractivity contribution in [1.29, 1.82) is 0 Å². The number of benzene rings is 2. The topological polar surface area (TPSA) is 136 Å². The van der Waals surface area contributed by atoms with Crippen molar-refractivity contribution in [2.45, 2.75) is 39.8 Å². The number of nitrogens with one attached hydrogen (secondary N) is 3. The number of ether oxygens (including phenoxy) is 1. The SMILES string of the molecule is COc1cc(CC(=O)NC(CC(C)C)N2C=NN(CC(=O)O)C2)ccc1NC(=O)Nc1ccccc1C. The first-order valence-electron chi connectivity index (χ1n) is 12.0. The second-order valence-corrected chi connectivity index (χ2v) is 9.26. The van der Waals surface area contributed by atoms with Gasteiger partial charge in [0.1, 0.15) is 31.5 Å². The molecule has 198 valence electrons. The van der Waals surface area contributed by atoms with E-state index >= 15 is 0 Å². The van der Waals surface area contributed by atoms with Gasteiger partial charge in [-0.3, -0.25) is 14.6 Å². The largest absolute Gasteiger partial charge is 0.495 e. The quantitative estimate of drug-likeness (QED) is 0.364. The molecule has 2 aromatic rings. The Morgan fingerprint density at radius 3 is 2.51 bits per heavy atom. The Morgan fingerprint density at radius 1 is 1.11 bits per heavy atom. The zero-order valence-electron chi connectivity index (χ0n) is 21.5. The van der Waals surface area contributed by atoms with Crippen LogP contribution in [0.25, 0.3) is 0 Å². The van der Waals surface area contributed by atoms with Crippen LogP contribution in [-0.4, -0.2) is 65.8 Å². The Labute approximate surface area is 216 Å². The molecule has 3 rings (SSSR count). The molecule has 0 spiro atoms. The number of urea groups is 1. The second-order valence-electron chi connectivity index (χ2n) is 9.26. The van der Waals surface area contributed by atoms with Crippen LogP contribution in [0.4, 0.5) is 16.2 Å². The first-order valence-corrected chi connectivity index (χ1v) is 12.0. The number of carboxylic acid groups (broad SMARTS) is 1. The minimum atomic E-state index is -0.969. The third-order valence-electron chi connectivity index (χ3n) is 5.70. The van der Waals surface area contributed by atoms with Crippen molar-refractivity contribution in [2.24, 2.45) is 11.0 Å². The molecule has 0 aromatic heterocycles. The summed E-state index contributed by atoms with van der Waals surface area (Å²) in [5, 5.41) is 23.2. The fourth-order valence-corrected chi connectivity index (χ4v) is 3.91. The highest BCUT2D eigenvalue weighted by Gasteiger charge is 2.25. The van der Waals surface area contributed by atoms with E-state index in [1.165, 1.54) is 12.1 Å². The zero-order chi connectivity index (χ0) is 26.9. The molecule has 37 heavy (non-hydrogen) atoms. The molecule has 0 saturated carbocycles. The van der Waals surface area contributed by atoms with Gasteiger partial charge in [0.15, 0.2) is 0 Å². The van der Waals surface area contributed by atoms with Crippen LogP contribution in [0.1, 0.15) is 31.4 Å². The molecule has 1 aliphatic rings. The van der Waals surface area contributed by atoms with E-state index in [0.29, 0.717) is 35.0 Å². The fourth-order valence-electron chi connectivity index (χ4n) is 3.91. The van der Waals surface area contributed by atoms with Gasteiger partial charge in [-0.25, -0.2) is 4.79 Å². The molecule has 2 aromatic carbocycles. The van der Waals surface area contributed by atoms with Gasteiger partial charge in [0.05, 0.1) is 19.2 Å². The third kappa shape index (κ3) is 8.13. The molecule has 0 radical (unpaired) electrons. The van der Waals surface area contributed by atoms with E-state index in [-0.39, 0.29) is 31.7 Å².